The number of halogens is 1. The minimum atomic E-state index is -0.685. The van der Waals surface area contributed by atoms with E-state index in [9.17, 15) is 9.59 Å². The average molecular weight is 387 g/mol. The van der Waals surface area contributed by atoms with Crippen LogP contribution in [-0.2, 0) is 11.2 Å². The minimum Gasteiger partial charge on any atom is -0.489 e. The van der Waals surface area contributed by atoms with Crippen LogP contribution in [0.1, 0.15) is 29.8 Å². The van der Waals surface area contributed by atoms with Crippen molar-refractivity contribution in [3.8, 4) is 5.75 Å². The molecule has 0 saturated heterocycles. The lowest BCUT2D eigenvalue weighted by atomic mass is 9.94. The first-order valence-corrected chi connectivity index (χ1v) is 9.22. The second kappa shape index (κ2) is 9.46. The van der Waals surface area contributed by atoms with E-state index in [1.54, 1.807) is 25.2 Å². The molecule has 5 nitrogen and oxygen atoms in total. The Morgan fingerprint density at radius 2 is 1.81 bits per heavy atom. The van der Waals surface area contributed by atoms with Gasteiger partial charge in [0.2, 0.25) is 5.91 Å². The van der Waals surface area contributed by atoms with Crippen LogP contribution >= 0.6 is 11.6 Å². The van der Waals surface area contributed by atoms with Gasteiger partial charge in [-0.15, -0.1) is 0 Å². The standard InChI is InChI=1S/C20H24BClN2O3/c1-12(2)27-18-9-6-14(11-16(18)22)19(25)24-17(20(26)23-3)10-13-4-7-15(21)8-5-13/h4-9,11-12,17H,10,21H2,1-3H3,(H,23,26)(H,24,25)/t17-/m0/s1. The molecule has 27 heavy (non-hydrogen) atoms. The number of likely N-dealkylation sites (N-methyl/N-ethyl adjacent to an activating group) is 1. The predicted molar refractivity (Wildman–Crippen MR) is 111 cm³/mol. The molecule has 0 saturated carbocycles. The van der Waals surface area contributed by atoms with Crippen LogP contribution in [0.5, 0.6) is 5.75 Å². The van der Waals surface area contributed by atoms with Crippen LogP contribution in [0.2, 0.25) is 5.02 Å². The van der Waals surface area contributed by atoms with Crippen LogP contribution in [-0.4, -0.2) is 38.9 Å². The van der Waals surface area contributed by atoms with Crippen molar-refractivity contribution in [3.63, 3.8) is 0 Å². The first kappa shape index (κ1) is 20.8. The van der Waals surface area contributed by atoms with Gasteiger partial charge in [0.15, 0.2) is 0 Å². The van der Waals surface area contributed by atoms with E-state index in [4.69, 9.17) is 16.3 Å². The van der Waals surface area contributed by atoms with Gasteiger partial charge in [-0.3, -0.25) is 9.59 Å². The van der Waals surface area contributed by atoms with Gasteiger partial charge in [0.25, 0.3) is 5.91 Å². The van der Waals surface area contributed by atoms with E-state index in [1.807, 2.05) is 46.0 Å². The molecule has 0 aromatic heterocycles. The van der Waals surface area contributed by atoms with Crippen molar-refractivity contribution in [1.82, 2.24) is 10.6 Å². The molecule has 1 atom stereocenters. The SMILES string of the molecule is Bc1ccc(C[C@H](NC(=O)c2ccc(OC(C)C)c(Cl)c2)C(=O)NC)cc1. The maximum Gasteiger partial charge on any atom is 0.251 e. The van der Waals surface area contributed by atoms with Gasteiger partial charge in [0.05, 0.1) is 11.1 Å². The third-order valence-corrected chi connectivity index (χ3v) is 4.28. The molecule has 0 aliphatic heterocycles. The van der Waals surface area contributed by atoms with Gasteiger partial charge >= 0.3 is 0 Å². The Morgan fingerprint density at radius 1 is 1.15 bits per heavy atom. The van der Waals surface area contributed by atoms with Gasteiger partial charge in [0.1, 0.15) is 19.6 Å². The van der Waals surface area contributed by atoms with Crippen molar-refractivity contribution in [2.24, 2.45) is 0 Å². The predicted octanol–water partition coefficient (Wildman–Crippen LogP) is 1.47. The smallest absolute Gasteiger partial charge is 0.251 e. The number of carbonyl (C=O) groups excluding carboxylic acids is 2. The summed E-state index contributed by atoms with van der Waals surface area (Å²) in [5.74, 6) is -0.103. The highest BCUT2D eigenvalue weighted by Gasteiger charge is 2.21. The molecule has 0 radical (unpaired) electrons. The summed E-state index contributed by atoms with van der Waals surface area (Å²) >= 11 is 6.20. The monoisotopic (exact) mass is 386 g/mol. The number of ether oxygens (including phenoxy) is 1. The van der Waals surface area contributed by atoms with E-state index >= 15 is 0 Å². The van der Waals surface area contributed by atoms with Gasteiger partial charge < -0.3 is 15.4 Å². The van der Waals surface area contributed by atoms with E-state index in [-0.39, 0.29) is 17.9 Å². The molecule has 0 aliphatic carbocycles. The third kappa shape index (κ3) is 6.03. The molecule has 2 rings (SSSR count). The Kier molecular flexibility index (Phi) is 7.31. The average Bonchev–Trinajstić information content (AvgIpc) is 2.63. The molecule has 0 spiro atoms. The summed E-state index contributed by atoms with van der Waals surface area (Å²) in [7, 11) is 3.55. The molecule has 2 aromatic rings. The van der Waals surface area contributed by atoms with Crippen LogP contribution < -0.4 is 20.8 Å². The zero-order chi connectivity index (χ0) is 20.0. The van der Waals surface area contributed by atoms with E-state index in [0.717, 1.165) is 11.0 Å². The fourth-order valence-corrected chi connectivity index (χ4v) is 2.80. The first-order chi connectivity index (χ1) is 12.8. The summed E-state index contributed by atoms with van der Waals surface area (Å²) in [6, 6.07) is 12.0. The zero-order valence-electron chi connectivity index (χ0n) is 16.0. The molecule has 0 fully saturated rings. The zero-order valence-corrected chi connectivity index (χ0v) is 16.8. The fourth-order valence-electron chi connectivity index (χ4n) is 2.58. The molecule has 0 heterocycles. The second-order valence-corrected chi connectivity index (χ2v) is 7.05. The molecular formula is C20H24BClN2O3. The minimum absolute atomic E-state index is 0.0192. The van der Waals surface area contributed by atoms with Crippen molar-refractivity contribution in [3.05, 3.63) is 58.6 Å². The number of carbonyl (C=O) groups is 2. The van der Waals surface area contributed by atoms with Gasteiger partial charge in [-0.1, -0.05) is 41.3 Å². The lowest BCUT2D eigenvalue weighted by molar-refractivity contribution is -0.122. The van der Waals surface area contributed by atoms with Crippen molar-refractivity contribution >= 4 is 36.7 Å². The summed E-state index contributed by atoms with van der Waals surface area (Å²) in [6.45, 7) is 3.80. The molecule has 0 unspecified atom stereocenters. The van der Waals surface area contributed by atoms with E-state index in [0.29, 0.717) is 22.8 Å². The molecule has 0 bridgehead atoms. The summed E-state index contributed by atoms with van der Waals surface area (Å²) in [5.41, 5.74) is 2.47. The van der Waals surface area contributed by atoms with E-state index < -0.39 is 6.04 Å². The van der Waals surface area contributed by atoms with Crippen LogP contribution in [0.15, 0.2) is 42.5 Å². The normalized spacial score (nSPS) is 11.7. The summed E-state index contributed by atoms with van der Waals surface area (Å²) in [6.07, 6.45) is 0.378. The van der Waals surface area contributed by atoms with Gasteiger partial charge in [-0.2, -0.15) is 0 Å². The Morgan fingerprint density at radius 3 is 2.37 bits per heavy atom. The first-order valence-electron chi connectivity index (χ1n) is 8.84. The quantitative estimate of drug-likeness (QED) is 0.708. The Labute approximate surface area is 165 Å². The summed E-state index contributed by atoms with van der Waals surface area (Å²) < 4.78 is 5.58. The Balaban J connectivity index is 2.14. The van der Waals surface area contributed by atoms with E-state index in [2.05, 4.69) is 10.6 Å². The highest BCUT2D eigenvalue weighted by atomic mass is 35.5. The molecular weight excluding hydrogens is 362 g/mol. The van der Waals surface area contributed by atoms with Gasteiger partial charge in [-0.05, 0) is 37.6 Å². The highest BCUT2D eigenvalue weighted by molar-refractivity contribution is 6.32. The van der Waals surface area contributed by atoms with Crippen LogP contribution in [0, 0.1) is 0 Å². The van der Waals surface area contributed by atoms with E-state index in [1.165, 1.54) is 0 Å². The van der Waals surface area contributed by atoms with Crippen molar-refractivity contribution in [1.29, 1.82) is 0 Å². The maximum absolute atomic E-state index is 12.6. The van der Waals surface area contributed by atoms with Crippen molar-refractivity contribution in [2.45, 2.75) is 32.4 Å². The summed E-state index contributed by atoms with van der Waals surface area (Å²) in [4.78, 5) is 24.8. The fraction of sp³-hybridized carbons (Fsp3) is 0.300. The molecule has 2 amide bonds. The van der Waals surface area contributed by atoms with Crippen molar-refractivity contribution < 1.29 is 14.3 Å². The number of benzene rings is 2. The molecule has 142 valence electrons. The topological polar surface area (TPSA) is 67.4 Å². The number of rotatable bonds is 7. The third-order valence-electron chi connectivity index (χ3n) is 3.99. The Hall–Kier alpha value is -2.47. The molecule has 2 N–H and O–H groups in total. The lowest BCUT2D eigenvalue weighted by Crippen LogP contribution is -2.47. The number of hydrogen-bond acceptors (Lipinski definition) is 3. The maximum atomic E-state index is 12.6. The number of hydrogen-bond donors (Lipinski definition) is 2. The lowest BCUT2D eigenvalue weighted by Gasteiger charge is -2.18. The highest BCUT2D eigenvalue weighted by Crippen LogP contribution is 2.26. The molecule has 0 aliphatic rings. The van der Waals surface area contributed by atoms with Crippen molar-refractivity contribution in [2.75, 3.05) is 7.05 Å². The largest absolute Gasteiger partial charge is 0.489 e. The van der Waals surface area contributed by atoms with Gasteiger partial charge in [-0.25, -0.2) is 0 Å². The Bertz CT molecular complexity index is 809. The number of amides is 2. The number of nitrogens with one attached hydrogen (secondary N) is 2. The van der Waals surface area contributed by atoms with Crippen LogP contribution in [0.4, 0.5) is 0 Å². The van der Waals surface area contributed by atoms with Crippen LogP contribution in [0.25, 0.3) is 0 Å². The molecule has 2 aromatic carbocycles. The second-order valence-electron chi connectivity index (χ2n) is 6.64. The van der Waals surface area contributed by atoms with Gasteiger partial charge in [0, 0.05) is 19.0 Å². The summed E-state index contributed by atoms with van der Waals surface area (Å²) in [5, 5.41) is 5.73. The van der Waals surface area contributed by atoms with Crippen LogP contribution in [0.3, 0.4) is 0 Å². The molecule has 7 heteroatoms.